The second-order valence-corrected chi connectivity index (χ2v) is 6.88. The molecule has 4 rings (SSSR count). The molecule has 1 N–H and O–H groups in total. The molecule has 1 heterocycles. The van der Waals surface area contributed by atoms with Crippen molar-refractivity contribution < 1.29 is 18.8 Å². The lowest BCUT2D eigenvalue weighted by Crippen LogP contribution is -2.20. The summed E-state index contributed by atoms with van der Waals surface area (Å²) in [6.45, 7) is -0.168. The summed E-state index contributed by atoms with van der Waals surface area (Å²) in [6.07, 6.45) is 0. The van der Waals surface area contributed by atoms with Crippen LogP contribution in [0.5, 0.6) is 11.5 Å². The SMILES string of the molecule is COc1ccccc1NC(=O)COc1cccc(-c2noc(-c3ccccc3Cl)n2)c1. The zero-order valence-electron chi connectivity index (χ0n) is 16.5. The molecule has 0 spiro atoms. The summed E-state index contributed by atoms with van der Waals surface area (Å²) >= 11 is 6.19. The van der Waals surface area contributed by atoms with Gasteiger partial charge in [-0.1, -0.05) is 53.2 Å². The van der Waals surface area contributed by atoms with E-state index in [-0.39, 0.29) is 12.5 Å². The third-order valence-corrected chi connectivity index (χ3v) is 4.70. The van der Waals surface area contributed by atoms with Gasteiger partial charge in [0.15, 0.2) is 6.61 Å². The van der Waals surface area contributed by atoms with Crippen LogP contribution in [0.1, 0.15) is 0 Å². The Morgan fingerprint density at radius 1 is 1.06 bits per heavy atom. The minimum Gasteiger partial charge on any atom is -0.495 e. The number of rotatable bonds is 7. The van der Waals surface area contributed by atoms with Crippen molar-refractivity contribution in [1.82, 2.24) is 10.1 Å². The second kappa shape index (κ2) is 9.32. The average Bonchev–Trinajstić information content (AvgIpc) is 3.29. The van der Waals surface area contributed by atoms with Crippen LogP contribution in [0.3, 0.4) is 0 Å². The van der Waals surface area contributed by atoms with Crippen LogP contribution in [0.2, 0.25) is 5.02 Å². The van der Waals surface area contributed by atoms with Crippen molar-refractivity contribution in [3.05, 3.63) is 77.8 Å². The van der Waals surface area contributed by atoms with Crippen LogP contribution in [0, 0.1) is 0 Å². The highest BCUT2D eigenvalue weighted by atomic mass is 35.5. The molecule has 4 aromatic rings. The van der Waals surface area contributed by atoms with E-state index in [4.69, 9.17) is 25.6 Å². The molecule has 1 aromatic heterocycles. The Morgan fingerprint density at radius 3 is 2.71 bits per heavy atom. The molecule has 8 heteroatoms. The Balaban J connectivity index is 1.43. The van der Waals surface area contributed by atoms with Gasteiger partial charge in [0.1, 0.15) is 11.5 Å². The minimum absolute atomic E-state index is 0.168. The third kappa shape index (κ3) is 4.84. The molecule has 0 fully saturated rings. The van der Waals surface area contributed by atoms with Crippen LogP contribution in [0.25, 0.3) is 22.8 Å². The summed E-state index contributed by atoms with van der Waals surface area (Å²) in [5, 5.41) is 7.31. The van der Waals surface area contributed by atoms with Gasteiger partial charge in [-0.15, -0.1) is 0 Å². The van der Waals surface area contributed by atoms with Gasteiger partial charge in [-0.05, 0) is 36.4 Å². The first-order valence-corrected chi connectivity index (χ1v) is 9.76. The predicted octanol–water partition coefficient (Wildman–Crippen LogP) is 5.08. The number of hydrogen-bond donors (Lipinski definition) is 1. The number of methoxy groups -OCH3 is 1. The average molecular weight is 436 g/mol. The fourth-order valence-corrected chi connectivity index (χ4v) is 3.11. The summed E-state index contributed by atoms with van der Waals surface area (Å²) in [5.74, 6) is 1.47. The highest BCUT2D eigenvalue weighted by Crippen LogP contribution is 2.29. The summed E-state index contributed by atoms with van der Waals surface area (Å²) < 4.78 is 16.2. The van der Waals surface area contributed by atoms with Crippen LogP contribution in [0.15, 0.2) is 77.3 Å². The van der Waals surface area contributed by atoms with Crippen molar-refractivity contribution in [2.24, 2.45) is 0 Å². The second-order valence-electron chi connectivity index (χ2n) is 6.47. The highest BCUT2D eigenvalue weighted by Gasteiger charge is 2.14. The number of amides is 1. The van der Waals surface area contributed by atoms with E-state index < -0.39 is 0 Å². The molecule has 0 bridgehead atoms. The predicted molar refractivity (Wildman–Crippen MR) is 117 cm³/mol. The van der Waals surface area contributed by atoms with Gasteiger partial charge in [0, 0.05) is 5.56 Å². The van der Waals surface area contributed by atoms with Gasteiger partial charge in [0.2, 0.25) is 5.82 Å². The van der Waals surface area contributed by atoms with Crippen molar-refractivity contribution in [3.63, 3.8) is 0 Å². The quantitative estimate of drug-likeness (QED) is 0.435. The van der Waals surface area contributed by atoms with Crippen molar-refractivity contribution in [2.45, 2.75) is 0 Å². The first-order valence-electron chi connectivity index (χ1n) is 9.39. The number of carbonyl (C=O) groups is 1. The molecule has 7 nitrogen and oxygen atoms in total. The Labute approximate surface area is 183 Å². The molecule has 3 aromatic carbocycles. The number of benzene rings is 3. The van der Waals surface area contributed by atoms with Crippen molar-refractivity contribution >= 4 is 23.2 Å². The summed E-state index contributed by atoms with van der Waals surface area (Å²) in [6, 6.07) is 21.5. The maximum absolute atomic E-state index is 12.3. The van der Waals surface area contributed by atoms with E-state index in [2.05, 4.69) is 15.5 Å². The zero-order valence-corrected chi connectivity index (χ0v) is 17.3. The zero-order chi connectivity index (χ0) is 21.6. The standard InChI is InChI=1S/C23H18ClN3O4/c1-29-20-12-5-4-11-19(20)25-21(28)14-30-16-8-6-7-15(13-16)22-26-23(31-27-22)17-9-2-3-10-18(17)24/h2-13H,14H2,1H3,(H,25,28). The van der Waals surface area contributed by atoms with Crippen LogP contribution < -0.4 is 14.8 Å². The number of nitrogens with zero attached hydrogens (tertiary/aromatic N) is 2. The lowest BCUT2D eigenvalue weighted by Gasteiger charge is -2.10. The molecule has 0 unspecified atom stereocenters. The normalized spacial score (nSPS) is 10.5. The van der Waals surface area contributed by atoms with E-state index in [1.165, 1.54) is 0 Å². The summed E-state index contributed by atoms with van der Waals surface area (Å²) in [4.78, 5) is 16.7. The van der Waals surface area contributed by atoms with Gasteiger partial charge in [-0.2, -0.15) is 4.98 Å². The van der Waals surface area contributed by atoms with Crippen molar-refractivity contribution in [1.29, 1.82) is 0 Å². The first-order chi connectivity index (χ1) is 15.1. The highest BCUT2D eigenvalue weighted by molar-refractivity contribution is 6.33. The molecule has 1 amide bonds. The van der Waals surface area contributed by atoms with Gasteiger partial charge >= 0.3 is 0 Å². The molecule has 156 valence electrons. The van der Waals surface area contributed by atoms with Gasteiger partial charge in [-0.3, -0.25) is 4.79 Å². The molecule has 0 radical (unpaired) electrons. The van der Waals surface area contributed by atoms with Crippen LogP contribution >= 0.6 is 11.6 Å². The van der Waals surface area contributed by atoms with Gasteiger partial charge in [-0.25, -0.2) is 0 Å². The Kier molecular flexibility index (Phi) is 6.14. The van der Waals surface area contributed by atoms with E-state index in [1.54, 1.807) is 49.6 Å². The molecule has 0 saturated carbocycles. The van der Waals surface area contributed by atoms with Crippen LogP contribution in [0.4, 0.5) is 5.69 Å². The number of halogens is 1. The Morgan fingerprint density at radius 2 is 1.87 bits per heavy atom. The smallest absolute Gasteiger partial charge is 0.262 e. The molecular weight excluding hydrogens is 418 g/mol. The monoisotopic (exact) mass is 435 g/mol. The molecular formula is C23H18ClN3O4. The van der Waals surface area contributed by atoms with E-state index in [0.717, 1.165) is 0 Å². The largest absolute Gasteiger partial charge is 0.495 e. The molecule has 0 aliphatic rings. The topological polar surface area (TPSA) is 86.5 Å². The van der Waals surface area contributed by atoms with Crippen molar-refractivity contribution in [3.8, 4) is 34.3 Å². The third-order valence-electron chi connectivity index (χ3n) is 4.37. The number of hydrogen-bond acceptors (Lipinski definition) is 6. The maximum Gasteiger partial charge on any atom is 0.262 e. The van der Waals surface area contributed by atoms with E-state index in [1.807, 2.05) is 30.3 Å². The Bertz CT molecular complexity index is 1210. The maximum atomic E-state index is 12.3. The van der Waals surface area contributed by atoms with E-state index in [0.29, 0.717) is 45.1 Å². The molecule has 31 heavy (non-hydrogen) atoms. The fraction of sp³-hybridized carbons (Fsp3) is 0.0870. The van der Waals surface area contributed by atoms with E-state index in [9.17, 15) is 4.79 Å². The Hall–Kier alpha value is -3.84. The first kappa shape index (κ1) is 20.4. The van der Waals surface area contributed by atoms with E-state index >= 15 is 0 Å². The molecule has 0 atom stereocenters. The number of carbonyl (C=O) groups excluding carboxylic acids is 1. The number of ether oxygens (including phenoxy) is 2. The van der Waals surface area contributed by atoms with Gasteiger partial charge < -0.3 is 19.3 Å². The minimum atomic E-state index is -0.310. The lowest BCUT2D eigenvalue weighted by molar-refractivity contribution is -0.118. The number of para-hydroxylation sites is 2. The number of anilines is 1. The number of aromatic nitrogens is 2. The molecule has 0 aliphatic heterocycles. The van der Waals surface area contributed by atoms with Crippen molar-refractivity contribution in [2.75, 3.05) is 19.0 Å². The summed E-state index contributed by atoms with van der Waals surface area (Å²) in [5.41, 5.74) is 1.92. The van der Waals surface area contributed by atoms with Gasteiger partial charge in [0.05, 0.1) is 23.4 Å². The van der Waals surface area contributed by atoms with Gasteiger partial charge in [0.25, 0.3) is 11.8 Å². The fourth-order valence-electron chi connectivity index (χ4n) is 2.89. The molecule has 0 saturated heterocycles. The molecule has 0 aliphatic carbocycles. The van der Waals surface area contributed by atoms with Crippen LogP contribution in [-0.4, -0.2) is 29.8 Å². The lowest BCUT2D eigenvalue weighted by atomic mass is 10.2. The van der Waals surface area contributed by atoms with Crippen LogP contribution in [-0.2, 0) is 4.79 Å². The number of nitrogens with one attached hydrogen (secondary N) is 1. The summed E-state index contributed by atoms with van der Waals surface area (Å²) in [7, 11) is 1.54.